The van der Waals surface area contributed by atoms with Crippen LogP contribution in [0.3, 0.4) is 0 Å². The summed E-state index contributed by atoms with van der Waals surface area (Å²) in [5.41, 5.74) is 1.91. The molecular weight excluding hydrogens is 432 g/mol. The molecule has 7 heteroatoms. The van der Waals surface area contributed by atoms with E-state index in [-0.39, 0.29) is 23.7 Å². The Morgan fingerprint density at radius 2 is 1.79 bits per heavy atom. The van der Waals surface area contributed by atoms with Gasteiger partial charge in [0.1, 0.15) is 11.5 Å². The standard InChI is InChI=1S/C14H17NO3.C13H17NO2/c1-17-12-7-5-6-11(10-12)13(14(16)18-2)8-3-4-9-15;1-16-11-6-4-5-10(9-11)12-7-2-3-8-14-13(12)15/h5-7,10,13H,3-4,8H2,1-2H3;4-6,9,12H,2-3,7-8H2,1H3,(H,14,15). The van der Waals surface area contributed by atoms with Crippen LogP contribution in [0, 0.1) is 11.3 Å². The third kappa shape index (κ3) is 8.11. The SMILES string of the molecule is COC(=O)C(CCCC#N)c1cccc(OC)c1.COc1cccc(C2CCCCNC2=O)c1. The number of hydrogen-bond acceptors (Lipinski definition) is 6. The Morgan fingerprint density at radius 1 is 1.09 bits per heavy atom. The number of nitriles is 1. The molecule has 1 saturated heterocycles. The van der Waals surface area contributed by atoms with Gasteiger partial charge in [-0.25, -0.2) is 0 Å². The zero-order chi connectivity index (χ0) is 24.8. The van der Waals surface area contributed by atoms with E-state index < -0.39 is 0 Å². The third-order valence-corrected chi connectivity index (χ3v) is 5.79. The number of hydrogen-bond donors (Lipinski definition) is 1. The molecule has 1 aliphatic heterocycles. The second-order valence-electron chi connectivity index (χ2n) is 8.02. The molecule has 1 aliphatic rings. The maximum atomic E-state index is 11.9. The quantitative estimate of drug-likeness (QED) is 0.446. The Morgan fingerprint density at radius 3 is 2.47 bits per heavy atom. The van der Waals surface area contributed by atoms with Gasteiger partial charge in [0.05, 0.1) is 39.2 Å². The number of benzene rings is 2. The zero-order valence-electron chi connectivity index (χ0n) is 20.2. The Kier molecular flexibility index (Phi) is 11.5. The first-order chi connectivity index (χ1) is 16.5. The van der Waals surface area contributed by atoms with Crippen molar-refractivity contribution in [1.82, 2.24) is 5.32 Å². The molecular formula is C27H34N2O5. The average molecular weight is 467 g/mol. The van der Waals surface area contributed by atoms with Gasteiger partial charge in [0.2, 0.25) is 5.91 Å². The van der Waals surface area contributed by atoms with Gasteiger partial charge in [0.15, 0.2) is 0 Å². The Bertz CT molecular complexity index is 969. The van der Waals surface area contributed by atoms with Crippen molar-refractivity contribution in [3.8, 4) is 17.6 Å². The van der Waals surface area contributed by atoms with Crippen molar-refractivity contribution in [2.45, 2.75) is 50.4 Å². The van der Waals surface area contributed by atoms with Crippen LogP contribution in [0.4, 0.5) is 0 Å². The molecule has 0 bridgehead atoms. The van der Waals surface area contributed by atoms with E-state index in [0.29, 0.717) is 25.0 Å². The summed E-state index contributed by atoms with van der Waals surface area (Å²) in [7, 11) is 4.61. The van der Waals surface area contributed by atoms with Crippen molar-refractivity contribution in [2.75, 3.05) is 27.9 Å². The van der Waals surface area contributed by atoms with Crippen LogP contribution in [0.25, 0.3) is 0 Å². The van der Waals surface area contributed by atoms with Gasteiger partial charge in [-0.15, -0.1) is 0 Å². The van der Waals surface area contributed by atoms with Gasteiger partial charge in [-0.3, -0.25) is 9.59 Å². The monoisotopic (exact) mass is 466 g/mol. The molecule has 7 nitrogen and oxygen atoms in total. The lowest BCUT2D eigenvalue weighted by atomic mass is 9.93. The number of nitrogens with one attached hydrogen (secondary N) is 1. The lowest BCUT2D eigenvalue weighted by Gasteiger charge is -2.15. The number of rotatable bonds is 8. The van der Waals surface area contributed by atoms with Gasteiger partial charge in [-0.2, -0.15) is 5.26 Å². The van der Waals surface area contributed by atoms with E-state index in [9.17, 15) is 9.59 Å². The average Bonchev–Trinajstić information content (AvgIpc) is 3.10. The maximum absolute atomic E-state index is 11.9. The van der Waals surface area contributed by atoms with Crippen LogP contribution in [-0.2, 0) is 14.3 Å². The first-order valence-corrected chi connectivity index (χ1v) is 11.5. The van der Waals surface area contributed by atoms with Gasteiger partial charge in [0.25, 0.3) is 0 Å². The van der Waals surface area contributed by atoms with Crippen LogP contribution < -0.4 is 14.8 Å². The molecule has 1 heterocycles. The summed E-state index contributed by atoms with van der Waals surface area (Å²) >= 11 is 0. The molecule has 0 saturated carbocycles. The molecule has 0 aliphatic carbocycles. The minimum absolute atomic E-state index is 0.0161. The van der Waals surface area contributed by atoms with Crippen molar-refractivity contribution < 1.29 is 23.8 Å². The summed E-state index contributed by atoms with van der Waals surface area (Å²) in [4.78, 5) is 23.6. The minimum atomic E-state index is -0.335. The minimum Gasteiger partial charge on any atom is -0.497 e. The summed E-state index contributed by atoms with van der Waals surface area (Å²) < 4.78 is 15.1. The molecule has 2 aromatic carbocycles. The summed E-state index contributed by atoms with van der Waals surface area (Å²) in [6.07, 6.45) is 4.82. The van der Waals surface area contributed by atoms with Gasteiger partial charge >= 0.3 is 5.97 Å². The largest absolute Gasteiger partial charge is 0.497 e. The molecule has 2 atom stereocenters. The highest BCUT2D eigenvalue weighted by molar-refractivity contribution is 5.84. The highest BCUT2D eigenvalue weighted by atomic mass is 16.5. The zero-order valence-corrected chi connectivity index (χ0v) is 20.2. The van der Waals surface area contributed by atoms with Gasteiger partial charge in [-0.1, -0.05) is 30.7 Å². The maximum Gasteiger partial charge on any atom is 0.313 e. The van der Waals surface area contributed by atoms with Crippen molar-refractivity contribution >= 4 is 11.9 Å². The van der Waals surface area contributed by atoms with Crippen LogP contribution in [0.1, 0.15) is 61.5 Å². The molecule has 0 spiro atoms. The van der Waals surface area contributed by atoms with Crippen LogP contribution in [0.2, 0.25) is 0 Å². The molecule has 1 amide bonds. The van der Waals surface area contributed by atoms with Crippen LogP contribution >= 0.6 is 0 Å². The van der Waals surface area contributed by atoms with E-state index in [4.69, 9.17) is 19.5 Å². The smallest absolute Gasteiger partial charge is 0.313 e. The summed E-state index contributed by atoms with van der Waals surface area (Å²) in [6.45, 7) is 0.805. The lowest BCUT2D eigenvalue weighted by Crippen LogP contribution is -2.27. The van der Waals surface area contributed by atoms with E-state index in [1.165, 1.54) is 7.11 Å². The summed E-state index contributed by atoms with van der Waals surface area (Å²) in [5.74, 6) is 1.04. The lowest BCUT2D eigenvalue weighted by molar-refractivity contribution is -0.142. The van der Waals surface area contributed by atoms with Crippen LogP contribution in [0.15, 0.2) is 48.5 Å². The fraction of sp³-hybridized carbons (Fsp3) is 0.444. The molecule has 0 aromatic heterocycles. The molecule has 2 aromatic rings. The van der Waals surface area contributed by atoms with Gasteiger partial charge in [-0.05, 0) is 61.1 Å². The van der Waals surface area contributed by atoms with Crippen molar-refractivity contribution in [2.24, 2.45) is 0 Å². The molecule has 2 unspecified atom stereocenters. The molecule has 0 radical (unpaired) electrons. The van der Waals surface area contributed by atoms with Gasteiger partial charge in [0, 0.05) is 13.0 Å². The number of carbonyl (C=O) groups is 2. The number of amides is 1. The summed E-state index contributed by atoms with van der Waals surface area (Å²) in [6, 6.07) is 17.2. The number of ether oxygens (including phenoxy) is 3. The van der Waals surface area contributed by atoms with Crippen molar-refractivity contribution in [1.29, 1.82) is 5.26 Å². The first kappa shape index (κ1) is 26.7. The summed E-state index contributed by atoms with van der Waals surface area (Å²) in [5, 5.41) is 11.5. The van der Waals surface area contributed by atoms with E-state index in [1.54, 1.807) is 14.2 Å². The highest BCUT2D eigenvalue weighted by Gasteiger charge is 2.23. The van der Waals surface area contributed by atoms with Crippen LogP contribution in [0.5, 0.6) is 11.5 Å². The molecule has 1 fully saturated rings. The van der Waals surface area contributed by atoms with E-state index in [1.807, 2.05) is 48.5 Å². The number of carbonyl (C=O) groups excluding carboxylic acids is 2. The second kappa shape index (κ2) is 14.6. The van der Waals surface area contributed by atoms with E-state index in [2.05, 4.69) is 11.4 Å². The first-order valence-electron chi connectivity index (χ1n) is 11.5. The predicted molar refractivity (Wildman–Crippen MR) is 130 cm³/mol. The van der Waals surface area contributed by atoms with E-state index >= 15 is 0 Å². The number of nitrogens with zero attached hydrogens (tertiary/aromatic N) is 1. The number of esters is 1. The number of methoxy groups -OCH3 is 3. The van der Waals surface area contributed by atoms with Gasteiger partial charge < -0.3 is 19.5 Å². The van der Waals surface area contributed by atoms with Crippen LogP contribution in [-0.4, -0.2) is 39.8 Å². The Balaban J connectivity index is 0.000000241. The Hall–Kier alpha value is -3.53. The fourth-order valence-corrected chi connectivity index (χ4v) is 3.92. The van der Waals surface area contributed by atoms with Crippen molar-refractivity contribution in [3.63, 3.8) is 0 Å². The Labute approximate surface area is 202 Å². The molecule has 34 heavy (non-hydrogen) atoms. The topological polar surface area (TPSA) is 97.7 Å². The second-order valence-corrected chi connectivity index (χ2v) is 8.02. The number of unbranched alkanes of at least 4 members (excludes halogenated alkanes) is 1. The normalized spacial score (nSPS) is 15.9. The molecule has 3 rings (SSSR count). The van der Waals surface area contributed by atoms with E-state index in [0.717, 1.165) is 42.7 Å². The van der Waals surface area contributed by atoms with Crippen molar-refractivity contribution in [3.05, 3.63) is 59.7 Å². The molecule has 1 N–H and O–H groups in total. The molecule has 182 valence electrons. The third-order valence-electron chi connectivity index (χ3n) is 5.79. The predicted octanol–water partition coefficient (Wildman–Crippen LogP) is 4.72. The highest BCUT2D eigenvalue weighted by Crippen LogP contribution is 2.27. The fourth-order valence-electron chi connectivity index (χ4n) is 3.92.